The SMILES string of the molecule is CCOC(=O)C(C)(N)CCCCN1CCCCCCC1. The van der Waals surface area contributed by atoms with E-state index in [1.807, 2.05) is 6.92 Å². The minimum absolute atomic E-state index is 0.272. The molecule has 2 N–H and O–H groups in total. The van der Waals surface area contributed by atoms with Crippen LogP contribution in [-0.4, -0.2) is 42.6 Å². The molecule has 0 spiro atoms. The summed E-state index contributed by atoms with van der Waals surface area (Å²) >= 11 is 0. The van der Waals surface area contributed by atoms with Gasteiger partial charge in [-0.2, -0.15) is 0 Å². The third-order valence-corrected chi connectivity index (χ3v) is 4.11. The molecule has 0 aliphatic carbocycles. The first-order valence-corrected chi connectivity index (χ1v) is 8.24. The van der Waals surface area contributed by atoms with Crippen LogP contribution in [0.1, 0.15) is 65.2 Å². The van der Waals surface area contributed by atoms with Crippen molar-refractivity contribution < 1.29 is 9.53 Å². The van der Waals surface area contributed by atoms with Crippen molar-refractivity contribution in [2.45, 2.75) is 70.8 Å². The number of likely N-dealkylation sites (tertiary alicyclic amines) is 1. The smallest absolute Gasteiger partial charge is 0.325 e. The molecule has 1 unspecified atom stereocenters. The molecule has 0 aromatic rings. The maximum absolute atomic E-state index is 11.7. The lowest BCUT2D eigenvalue weighted by atomic mass is 9.96. The zero-order valence-electron chi connectivity index (χ0n) is 13.3. The molecule has 20 heavy (non-hydrogen) atoms. The molecule has 0 aromatic heterocycles. The molecule has 1 heterocycles. The number of rotatable bonds is 7. The van der Waals surface area contributed by atoms with Gasteiger partial charge in [-0.25, -0.2) is 0 Å². The standard InChI is InChI=1S/C16H32N2O2/c1-3-20-15(19)16(2,17)11-7-10-14-18-12-8-5-4-6-9-13-18/h3-14,17H2,1-2H3. The van der Waals surface area contributed by atoms with Crippen LogP contribution in [0.2, 0.25) is 0 Å². The third kappa shape index (κ3) is 6.71. The lowest BCUT2D eigenvalue weighted by Gasteiger charge is -2.25. The Morgan fingerprint density at radius 1 is 1.15 bits per heavy atom. The van der Waals surface area contributed by atoms with Gasteiger partial charge in [0.25, 0.3) is 0 Å². The maximum atomic E-state index is 11.7. The number of nitrogens with zero attached hydrogens (tertiary/aromatic N) is 1. The van der Waals surface area contributed by atoms with Crippen LogP contribution in [0.15, 0.2) is 0 Å². The van der Waals surface area contributed by atoms with E-state index >= 15 is 0 Å². The van der Waals surface area contributed by atoms with Crippen molar-refractivity contribution in [3.63, 3.8) is 0 Å². The lowest BCUT2D eigenvalue weighted by molar-refractivity contribution is -0.149. The number of hydrogen-bond acceptors (Lipinski definition) is 4. The van der Waals surface area contributed by atoms with E-state index in [4.69, 9.17) is 10.5 Å². The molecular weight excluding hydrogens is 252 g/mol. The zero-order valence-corrected chi connectivity index (χ0v) is 13.3. The van der Waals surface area contributed by atoms with Gasteiger partial charge >= 0.3 is 5.97 Å². The van der Waals surface area contributed by atoms with Gasteiger partial charge < -0.3 is 15.4 Å². The van der Waals surface area contributed by atoms with Gasteiger partial charge in [-0.15, -0.1) is 0 Å². The van der Waals surface area contributed by atoms with Crippen LogP contribution < -0.4 is 5.73 Å². The number of carbonyl (C=O) groups excluding carboxylic acids is 1. The Kier molecular flexibility index (Phi) is 8.15. The number of hydrogen-bond donors (Lipinski definition) is 1. The van der Waals surface area contributed by atoms with E-state index in [0.717, 1.165) is 19.4 Å². The van der Waals surface area contributed by atoms with Gasteiger partial charge in [0.05, 0.1) is 6.61 Å². The van der Waals surface area contributed by atoms with Gasteiger partial charge in [0, 0.05) is 0 Å². The molecule has 4 heteroatoms. The van der Waals surface area contributed by atoms with Crippen LogP contribution >= 0.6 is 0 Å². The minimum atomic E-state index is -0.827. The van der Waals surface area contributed by atoms with E-state index in [0.29, 0.717) is 13.0 Å². The van der Waals surface area contributed by atoms with Crippen molar-refractivity contribution in [2.24, 2.45) is 5.73 Å². The Bertz CT molecular complexity index is 272. The fourth-order valence-corrected chi connectivity index (χ4v) is 2.76. The van der Waals surface area contributed by atoms with E-state index < -0.39 is 5.54 Å². The van der Waals surface area contributed by atoms with Crippen molar-refractivity contribution in [1.82, 2.24) is 4.90 Å². The van der Waals surface area contributed by atoms with Crippen LogP contribution in [0, 0.1) is 0 Å². The van der Waals surface area contributed by atoms with Crippen molar-refractivity contribution in [3.05, 3.63) is 0 Å². The van der Waals surface area contributed by atoms with E-state index in [1.54, 1.807) is 6.92 Å². The molecule has 4 nitrogen and oxygen atoms in total. The number of carbonyl (C=O) groups is 1. The van der Waals surface area contributed by atoms with Crippen LogP contribution in [0.4, 0.5) is 0 Å². The third-order valence-electron chi connectivity index (χ3n) is 4.11. The Balaban J connectivity index is 2.17. The predicted molar refractivity (Wildman–Crippen MR) is 82.6 cm³/mol. The molecular formula is C16H32N2O2. The van der Waals surface area contributed by atoms with Crippen LogP contribution in [0.5, 0.6) is 0 Å². The second-order valence-electron chi connectivity index (χ2n) is 6.20. The summed E-state index contributed by atoms with van der Waals surface area (Å²) in [5.74, 6) is -0.272. The average Bonchev–Trinajstić information content (AvgIpc) is 2.36. The molecule has 1 aliphatic heterocycles. The predicted octanol–water partition coefficient (Wildman–Crippen LogP) is 2.70. The Hall–Kier alpha value is -0.610. The number of unbranched alkanes of at least 4 members (excludes halogenated alkanes) is 1. The highest BCUT2D eigenvalue weighted by molar-refractivity contribution is 5.79. The molecule has 1 aliphatic rings. The molecule has 0 aromatic carbocycles. The van der Waals surface area contributed by atoms with E-state index in [1.165, 1.54) is 45.2 Å². The summed E-state index contributed by atoms with van der Waals surface area (Å²) in [6, 6.07) is 0. The average molecular weight is 284 g/mol. The number of esters is 1. The quantitative estimate of drug-likeness (QED) is 0.577. The van der Waals surface area contributed by atoms with Crippen molar-refractivity contribution in [2.75, 3.05) is 26.2 Å². The second kappa shape index (κ2) is 9.35. The Labute approximate surface area is 124 Å². The molecule has 0 amide bonds. The molecule has 1 atom stereocenters. The van der Waals surface area contributed by atoms with Crippen LogP contribution in [-0.2, 0) is 9.53 Å². The monoisotopic (exact) mass is 284 g/mol. The summed E-state index contributed by atoms with van der Waals surface area (Å²) in [7, 11) is 0. The number of ether oxygens (including phenoxy) is 1. The molecule has 0 saturated carbocycles. The van der Waals surface area contributed by atoms with Crippen LogP contribution in [0.25, 0.3) is 0 Å². The summed E-state index contributed by atoms with van der Waals surface area (Å²) in [4.78, 5) is 14.3. The van der Waals surface area contributed by atoms with Gasteiger partial charge in [-0.05, 0) is 65.6 Å². The molecule has 118 valence electrons. The highest BCUT2D eigenvalue weighted by atomic mass is 16.5. The van der Waals surface area contributed by atoms with E-state index in [-0.39, 0.29) is 5.97 Å². The normalized spacial score (nSPS) is 20.8. The topological polar surface area (TPSA) is 55.6 Å². The van der Waals surface area contributed by atoms with Gasteiger partial charge in [-0.1, -0.05) is 19.3 Å². The summed E-state index contributed by atoms with van der Waals surface area (Å²) in [5, 5.41) is 0. The summed E-state index contributed by atoms with van der Waals surface area (Å²) in [5.41, 5.74) is 5.20. The first-order chi connectivity index (χ1) is 9.56. The van der Waals surface area contributed by atoms with E-state index in [9.17, 15) is 4.79 Å². The van der Waals surface area contributed by atoms with Crippen molar-refractivity contribution >= 4 is 5.97 Å². The van der Waals surface area contributed by atoms with Crippen LogP contribution in [0.3, 0.4) is 0 Å². The summed E-state index contributed by atoms with van der Waals surface area (Å²) < 4.78 is 5.01. The highest BCUT2D eigenvalue weighted by Gasteiger charge is 2.29. The second-order valence-corrected chi connectivity index (χ2v) is 6.20. The zero-order chi connectivity index (χ0) is 14.8. The fraction of sp³-hybridized carbons (Fsp3) is 0.938. The fourth-order valence-electron chi connectivity index (χ4n) is 2.76. The molecule has 1 rings (SSSR count). The van der Waals surface area contributed by atoms with Crippen molar-refractivity contribution in [1.29, 1.82) is 0 Å². The van der Waals surface area contributed by atoms with Gasteiger partial charge in [0.1, 0.15) is 5.54 Å². The Morgan fingerprint density at radius 3 is 2.35 bits per heavy atom. The van der Waals surface area contributed by atoms with Crippen molar-refractivity contribution in [3.8, 4) is 0 Å². The maximum Gasteiger partial charge on any atom is 0.325 e. The molecule has 1 fully saturated rings. The van der Waals surface area contributed by atoms with Gasteiger partial charge in [0.2, 0.25) is 0 Å². The lowest BCUT2D eigenvalue weighted by Crippen LogP contribution is -2.46. The largest absolute Gasteiger partial charge is 0.465 e. The first-order valence-electron chi connectivity index (χ1n) is 8.24. The summed E-state index contributed by atoms with van der Waals surface area (Å²) in [6.07, 6.45) is 9.63. The van der Waals surface area contributed by atoms with Gasteiger partial charge in [-0.3, -0.25) is 4.79 Å². The molecule has 1 saturated heterocycles. The van der Waals surface area contributed by atoms with E-state index in [2.05, 4.69) is 4.90 Å². The Morgan fingerprint density at radius 2 is 1.75 bits per heavy atom. The first kappa shape index (κ1) is 17.4. The molecule has 0 radical (unpaired) electrons. The number of nitrogens with two attached hydrogens (primary N) is 1. The summed E-state index contributed by atoms with van der Waals surface area (Å²) in [6.45, 7) is 7.60. The highest BCUT2D eigenvalue weighted by Crippen LogP contribution is 2.15. The minimum Gasteiger partial charge on any atom is -0.465 e. The van der Waals surface area contributed by atoms with Gasteiger partial charge in [0.15, 0.2) is 0 Å². The molecule has 0 bridgehead atoms.